The topological polar surface area (TPSA) is 95.9 Å². The van der Waals surface area contributed by atoms with Gasteiger partial charge < -0.3 is 20.3 Å². The highest BCUT2D eigenvalue weighted by atomic mass is 16.5. The van der Waals surface area contributed by atoms with Crippen molar-refractivity contribution in [1.82, 2.24) is 5.32 Å². The van der Waals surface area contributed by atoms with Gasteiger partial charge in [-0.1, -0.05) is 290 Å². The summed E-state index contributed by atoms with van der Waals surface area (Å²) in [7, 11) is 0. The molecule has 0 fully saturated rings. The van der Waals surface area contributed by atoms with Gasteiger partial charge in [0, 0.05) is 12.8 Å². The molecular formula is C57H113NO5. The Morgan fingerprint density at radius 1 is 0.381 bits per heavy atom. The van der Waals surface area contributed by atoms with E-state index < -0.39 is 12.1 Å². The molecule has 0 aliphatic heterocycles. The molecule has 0 spiro atoms. The summed E-state index contributed by atoms with van der Waals surface area (Å²) < 4.78 is 5.48. The van der Waals surface area contributed by atoms with Crippen LogP contribution in [0.15, 0.2) is 0 Å². The van der Waals surface area contributed by atoms with Gasteiger partial charge in [-0.2, -0.15) is 0 Å². The Balaban J connectivity index is 3.44. The number of ether oxygens (including phenoxy) is 1. The van der Waals surface area contributed by atoms with E-state index in [0.29, 0.717) is 25.9 Å². The highest BCUT2D eigenvalue weighted by Gasteiger charge is 2.20. The lowest BCUT2D eigenvalue weighted by molar-refractivity contribution is -0.143. The molecule has 0 saturated carbocycles. The maximum atomic E-state index is 12.5. The fourth-order valence-corrected chi connectivity index (χ4v) is 9.23. The van der Waals surface area contributed by atoms with Crippen molar-refractivity contribution in [3.05, 3.63) is 0 Å². The minimum atomic E-state index is -0.680. The van der Waals surface area contributed by atoms with Crippen molar-refractivity contribution in [3.8, 4) is 0 Å². The second kappa shape index (κ2) is 53.5. The summed E-state index contributed by atoms with van der Waals surface area (Å²) in [6.07, 6.45) is 60.9. The van der Waals surface area contributed by atoms with Crippen molar-refractivity contribution in [3.63, 3.8) is 0 Å². The van der Waals surface area contributed by atoms with Crippen LogP contribution in [0, 0.1) is 0 Å². The van der Waals surface area contributed by atoms with E-state index in [0.717, 1.165) is 57.8 Å². The smallest absolute Gasteiger partial charge is 0.305 e. The molecule has 0 aromatic rings. The van der Waals surface area contributed by atoms with Gasteiger partial charge in [-0.15, -0.1) is 0 Å². The molecule has 63 heavy (non-hydrogen) atoms. The van der Waals surface area contributed by atoms with Crippen LogP contribution in [0.25, 0.3) is 0 Å². The number of nitrogens with one attached hydrogen (secondary N) is 1. The molecule has 2 unspecified atom stereocenters. The van der Waals surface area contributed by atoms with Crippen molar-refractivity contribution < 1.29 is 24.5 Å². The van der Waals surface area contributed by atoms with Gasteiger partial charge in [0.05, 0.1) is 25.4 Å². The second-order valence-electron chi connectivity index (χ2n) is 20.0. The van der Waals surface area contributed by atoms with E-state index in [1.54, 1.807) is 0 Å². The van der Waals surface area contributed by atoms with Gasteiger partial charge in [-0.05, 0) is 25.7 Å². The standard InChI is InChI=1S/C57H113NO5/c1-3-5-7-9-11-13-15-17-19-21-23-25-27-29-31-35-39-43-47-51-57(62)63-52-48-44-40-36-32-34-38-42-46-50-56(61)58-54(53-59)55(60)49-45-41-37-33-30-28-26-24-22-20-18-16-14-12-10-8-6-4-2/h54-55,59-60H,3-53H2,1-2H3,(H,58,61). The Bertz CT molecular complexity index is 898. The van der Waals surface area contributed by atoms with E-state index in [-0.39, 0.29) is 18.5 Å². The zero-order valence-corrected chi connectivity index (χ0v) is 42.8. The zero-order chi connectivity index (χ0) is 45.8. The van der Waals surface area contributed by atoms with E-state index in [1.165, 1.54) is 238 Å². The van der Waals surface area contributed by atoms with Crippen LogP contribution in [-0.4, -0.2) is 47.4 Å². The third-order valence-electron chi connectivity index (χ3n) is 13.7. The summed E-state index contributed by atoms with van der Waals surface area (Å²) in [5.41, 5.74) is 0. The van der Waals surface area contributed by atoms with Crippen LogP contribution in [0.3, 0.4) is 0 Å². The predicted octanol–water partition coefficient (Wildman–Crippen LogP) is 17.5. The molecule has 376 valence electrons. The number of hydrogen-bond acceptors (Lipinski definition) is 5. The number of hydrogen-bond donors (Lipinski definition) is 3. The maximum absolute atomic E-state index is 12.5. The lowest BCUT2D eigenvalue weighted by Crippen LogP contribution is -2.45. The summed E-state index contributed by atoms with van der Waals surface area (Å²) in [6, 6.07) is -0.560. The van der Waals surface area contributed by atoms with E-state index in [2.05, 4.69) is 19.2 Å². The molecule has 0 aliphatic carbocycles. The van der Waals surface area contributed by atoms with Gasteiger partial charge in [-0.3, -0.25) is 9.59 Å². The fraction of sp³-hybridized carbons (Fsp3) is 0.965. The first-order chi connectivity index (χ1) is 31.0. The number of aliphatic hydroxyl groups is 2. The Morgan fingerprint density at radius 3 is 0.968 bits per heavy atom. The van der Waals surface area contributed by atoms with Gasteiger partial charge >= 0.3 is 5.97 Å². The lowest BCUT2D eigenvalue weighted by atomic mass is 10.0. The molecule has 1 amide bonds. The van der Waals surface area contributed by atoms with Crippen molar-refractivity contribution in [2.75, 3.05) is 13.2 Å². The molecule has 6 heteroatoms. The maximum Gasteiger partial charge on any atom is 0.305 e. The predicted molar refractivity (Wildman–Crippen MR) is 274 cm³/mol. The summed E-state index contributed by atoms with van der Waals surface area (Å²) in [5, 5.41) is 23.3. The Morgan fingerprint density at radius 2 is 0.651 bits per heavy atom. The van der Waals surface area contributed by atoms with Crippen molar-refractivity contribution >= 4 is 11.9 Å². The molecule has 3 N–H and O–H groups in total. The number of esters is 1. The third kappa shape index (κ3) is 50.1. The highest BCUT2D eigenvalue weighted by molar-refractivity contribution is 5.76. The number of aliphatic hydroxyl groups excluding tert-OH is 2. The van der Waals surface area contributed by atoms with Gasteiger partial charge in [0.2, 0.25) is 5.91 Å². The Kier molecular flexibility index (Phi) is 52.5. The summed E-state index contributed by atoms with van der Waals surface area (Å²) in [4.78, 5) is 24.6. The second-order valence-corrected chi connectivity index (χ2v) is 20.0. The minimum absolute atomic E-state index is 0.0189. The molecular weight excluding hydrogens is 779 g/mol. The molecule has 0 aliphatic rings. The number of carbonyl (C=O) groups is 2. The average molecular weight is 893 g/mol. The molecule has 0 radical (unpaired) electrons. The summed E-state index contributed by atoms with van der Waals surface area (Å²) in [5.74, 6) is -0.0770. The van der Waals surface area contributed by atoms with Crippen molar-refractivity contribution in [2.24, 2.45) is 0 Å². The molecule has 0 bridgehead atoms. The first-order valence-corrected chi connectivity index (χ1v) is 28.8. The van der Waals surface area contributed by atoms with E-state index in [4.69, 9.17) is 4.74 Å². The van der Waals surface area contributed by atoms with Crippen LogP contribution in [0.1, 0.15) is 328 Å². The number of unbranched alkanes of at least 4 members (excludes halogenated alkanes) is 43. The van der Waals surface area contributed by atoms with Crippen LogP contribution in [-0.2, 0) is 14.3 Å². The zero-order valence-electron chi connectivity index (χ0n) is 42.8. The lowest BCUT2D eigenvalue weighted by Gasteiger charge is -2.22. The summed E-state index contributed by atoms with van der Waals surface area (Å²) in [6.45, 7) is 4.92. The molecule has 6 nitrogen and oxygen atoms in total. The normalized spacial score (nSPS) is 12.5. The highest BCUT2D eigenvalue weighted by Crippen LogP contribution is 2.18. The quantitative estimate of drug-likeness (QED) is 0.0418. The van der Waals surface area contributed by atoms with Crippen molar-refractivity contribution in [1.29, 1.82) is 0 Å². The number of amides is 1. The number of carbonyl (C=O) groups excluding carboxylic acids is 2. The van der Waals surface area contributed by atoms with Crippen LogP contribution in [0.2, 0.25) is 0 Å². The van der Waals surface area contributed by atoms with Gasteiger partial charge in [-0.25, -0.2) is 0 Å². The third-order valence-corrected chi connectivity index (χ3v) is 13.7. The van der Waals surface area contributed by atoms with Gasteiger partial charge in [0.25, 0.3) is 0 Å². The van der Waals surface area contributed by atoms with E-state index >= 15 is 0 Å². The molecule has 0 heterocycles. The largest absolute Gasteiger partial charge is 0.466 e. The molecule has 2 atom stereocenters. The summed E-state index contributed by atoms with van der Waals surface area (Å²) >= 11 is 0. The van der Waals surface area contributed by atoms with Crippen LogP contribution in [0.4, 0.5) is 0 Å². The average Bonchev–Trinajstić information content (AvgIpc) is 3.28. The monoisotopic (exact) mass is 892 g/mol. The molecule has 0 aromatic carbocycles. The van der Waals surface area contributed by atoms with Crippen LogP contribution < -0.4 is 5.32 Å². The van der Waals surface area contributed by atoms with E-state index in [9.17, 15) is 19.8 Å². The van der Waals surface area contributed by atoms with Crippen LogP contribution >= 0.6 is 0 Å². The van der Waals surface area contributed by atoms with Gasteiger partial charge in [0.15, 0.2) is 0 Å². The van der Waals surface area contributed by atoms with Gasteiger partial charge in [0.1, 0.15) is 0 Å². The number of rotatable bonds is 54. The van der Waals surface area contributed by atoms with Crippen molar-refractivity contribution in [2.45, 2.75) is 341 Å². The molecule has 0 rings (SSSR count). The van der Waals surface area contributed by atoms with E-state index in [1.807, 2.05) is 0 Å². The SMILES string of the molecule is CCCCCCCCCCCCCCCCCCCCCC(=O)OCCCCCCCCCCCC(=O)NC(CO)C(O)CCCCCCCCCCCCCCCCCCCC. The molecule has 0 saturated heterocycles. The minimum Gasteiger partial charge on any atom is -0.466 e. The fourth-order valence-electron chi connectivity index (χ4n) is 9.23. The Labute approximate surface area is 394 Å². The Hall–Kier alpha value is -1.14. The first kappa shape index (κ1) is 61.9. The first-order valence-electron chi connectivity index (χ1n) is 28.8. The van der Waals surface area contributed by atoms with Crippen LogP contribution in [0.5, 0.6) is 0 Å². The molecule has 0 aromatic heterocycles.